The number of carbonyl (C=O) groups is 1. The van der Waals surface area contributed by atoms with Crippen LogP contribution in [0.25, 0.3) is 0 Å². The lowest BCUT2D eigenvalue weighted by Crippen LogP contribution is -2.19. The first kappa shape index (κ1) is 16.9. The van der Waals surface area contributed by atoms with Crippen molar-refractivity contribution in [2.75, 3.05) is 14.2 Å². The normalized spacial score (nSPS) is 11.4. The molecule has 0 aliphatic rings. The Bertz CT molecular complexity index is 518. The smallest absolute Gasteiger partial charge is 0.492 e. The molecular formula is C11H10F5NO4. The van der Waals surface area contributed by atoms with E-state index in [0.717, 1.165) is 14.2 Å². The summed E-state index contributed by atoms with van der Waals surface area (Å²) in [7, 11) is 1.95. The number of halogens is 5. The summed E-state index contributed by atoms with van der Waals surface area (Å²) in [5.74, 6) is -2.52. The molecule has 0 amide bonds. The number of hydrogen-bond acceptors (Lipinski definition) is 5. The Morgan fingerprint density at radius 2 is 1.95 bits per heavy atom. The summed E-state index contributed by atoms with van der Waals surface area (Å²) >= 11 is 0. The molecule has 0 unspecified atom stereocenters. The number of hydrogen-bond donors (Lipinski definition) is 0. The minimum Gasteiger partial charge on any atom is -0.492 e. The Morgan fingerprint density at radius 1 is 1.33 bits per heavy atom. The Kier molecular flexibility index (Phi) is 5.28. The molecule has 0 fully saturated rings. The number of esters is 1. The number of rotatable bonds is 5. The summed E-state index contributed by atoms with van der Waals surface area (Å²) in [5, 5.41) is 0. The molecule has 0 radical (unpaired) electrons. The zero-order valence-electron chi connectivity index (χ0n) is 10.8. The van der Waals surface area contributed by atoms with Gasteiger partial charge in [0.25, 0.3) is 6.43 Å². The first-order valence-electron chi connectivity index (χ1n) is 5.36. The van der Waals surface area contributed by atoms with Crippen LogP contribution in [0.1, 0.15) is 17.7 Å². The molecule has 0 N–H and O–H groups in total. The van der Waals surface area contributed by atoms with Gasteiger partial charge in [-0.2, -0.15) is 0 Å². The maximum absolute atomic E-state index is 12.8. The molecule has 0 aliphatic carbocycles. The molecule has 5 nitrogen and oxygen atoms in total. The molecule has 21 heavy (non-hydrogen) atoms. The number of nitrogens with zero attached hydrogens (tertiary/aromatic N) is 1. The van der Waals surface area contributed by atoms with Gasteiger partial charge in [-0.05, 0) is 0 Å². The van der Waals surface area contributed by atoms with E-state index in [9.17, 15) is 26.7 Å². The van der Waals surface area contributed by atoms with Gasteiger partial charge in [0.15, 0.2) is 11.5 Å². The second kappa shape index (κ2) is 6.55. The molecule has 1 heterocycles. The van der Waals surface area contributed by atoms with Crippen molar-refractivity contribution in [3.05, 3.63) is 17.5 Å². The second-order valence-corrected chi connectivity index (χ2v) is 3.62. The van der Waals surface area contributed by atoms with Crippen LogP contribution in [-0.4, -0.2) is 31.5 Å². The second-order valence-electron chi connectivity index (χ2n) is 3.62. The highest BCUT2D eigenvalue weighted by Gasteiger charge is 2.34. The van der Waals surface area contributed by atoms with E-state index < -0.39 is 47.9 Å². The molecule has 1 aromatic rings. The van der Waals surface area contributed by atoms with Crippen LogP contribution in [0.5, 0.6) is 11.5 Å². The molecule has 0 saturated carbocycles. The molecule has 0 bridgehead atoms. The minimum atomic E-state index is -5.07. The van der Waals surface area contributed by atoms with Crippen molar-refractivity contribution in [3.8, 4) is 11.5 Å². The fraction of sp³-hybridized carbons (Fsp3) is 0.455. The first-order valence-corrected chi connectivity index (χ1v) is 5.36. The van der Waals surface area contributed by atoms with E-state index in [0.29, 0.717) is 6.20 Å². The summed E-state index contributed by atoms with van der Waals surface area (Å²) in [6.07, 6.45) is -8.46. The van der Waals surface area contributed by atoms with Crippen LogP contribution in [0.2, 0.25) is 0 Å². The molecule has 0 aromatic carbocycles. The number of ether oxygens (including phenoxy) is 3. The highest BCUT2D eigenvalue weighted by molar-refractivity contribution is 5.74. The molecule has 1 rings (SSSR count). The number of pyridine rings is 1. The Balaban J connectivity index is 3.37. The Morgan fingerprint density at radius 3 is 2.38 bits per heavy atom. The predicted molar refractivity (Wildman–Crippen MR) is 58.1 cm³/mol. The Hall–Kier alpha value is -2.13. The van der Waals surface area contributed by atoms with Gasteiger partial charge in [0, 0.05) is 5.56 Å². The fourth-order valence-corrected chi connectivity index (χ4v) is 1.53. The van der Waals surface area contributed by atoms with E-state index in [2.05, 4.69) is 19.2 Å². The standard InChI is InChI=1S/C11H10F5NO4/c1-19-7(18)3-5-8(10(12)13)17-4-6(9(5)20-2)21-11(14,15)16/h4,10H,3H2,1-2H3. The summed E-state index contributed by atoms with van der Waals surface area (Å²) in [6, 6.07) is 0. The van der Waals surface area contributed by atoms with Gasteiger partial charge >= 0.3 is 12.3 Å². The van der Waals surface area contributed by atoms with Gasteiger partial charge in [-0.25, -0.2) is 8.78 Å². The maximum Gasteiger partial charge on any atom is 0.573 e. The van der Waals surface area contributed by atoms with Crippen LogP contribution in [0, 0.1) is 0 Å². The molecule has 0 spiro atoms. The third kappa shape index (κ3) is 4.43. The maximum atomic E-state index is 12.8. The average Bonchev–Trinajstić information content (AvgIpc) is 2.36. The number of aromatic nitrogens is 1. The van der Waals surface area contributed by atoms with Gasteiger partial charge in [-0.15, -0.1) is 13.2 Å². The van der Waals surface area contributed by atoms with Gasteiger partial charge in [-0.1, -0.05) is 0 Å². The lowest BCUT2D eigenvalue weighted by atomic mass is 10.1. The largest absolute Gasteiger partial charge is 0.573 e. The third-order valence-electron chi connectivity index (χ3n) is 2.31. The van der Waals surface area contributed by atoms with Crippen LogP contribution in [0.3, 0.4) is 0 Å². The zero-order valence-corrected chi connectivity index (χ0v) is 10.8. The van der Waals surface area contributed by atoms with Gasteiger partial charge in [0.2, 0.25) is 0 Å². The van der Waals surface area contributed by atoms with E-state index in [4.69, 9.17) is 0 Å². The molecule has 118 valence electrons. The molecule has 1 aromatic heterocycles. The topological polar surface area (TPSA) is 57.7 Å². The van der Waals surface area contributed by atoms with Gasteiger partial charge in [-0.3, -0.25) is 9.78 Å². The van der Waals surface area contributed by atoms with Crippen LogP contribution in [0.15, 0.2) is 6.20 Å². The molecule has 0 atom stereocenters. The lowest BCUT2D eigenvalue weighted by Gasteiger charge is -2.17. The van der Waals surface area contributed by atoms with E-state index >= 15 is 0 Å². The van der Waals surface area contributed by atoms with E-state index in [1.54, 1.807) is 0 Å². The molecule has 0 saturated heterocycles. The van der Waals surface area contributed by atoms with Crippen molar-refractivity contribution < 1.29 is 41.0 Å². The average molecular weight is 315 g/mol. The van der Waals surface area contributed by atoms with Gasteiger partial charge in [0.05, 0.1) is 26.8 Å². The van der Waals surface area contributed by atoms with Crippen LogP contribution >= 0.6 is 0 Å². The summed E-state index contributed by atoms with van der Waals surface area (Å²) in [4.78, 5) is 14.4. The molecule has 0 aliphatic heterocycles. The molecular weight excluding hydrogens is 305 g/mol. The van der Waals surface area contributed by atoms with Crippen molar-refractivity contribution in [1.29, 1.82) is 0 Å². The number of methoxy groups -OCH3 is 2. The van der Waals surface area contributed by atoms with Gasteiger partial charge in [0.1, 0.15) is 5.69 Å². The van der Waals surface area contributed by atoms with Crippen molar-refractivity contribution in [1.82, 2.24) is 4.98 Å². The van der Waals surface area contributed by atoms with E-state index in [-0.39, 0.29) is 0 Å². The Labute approximate surface area is 115 Å². The van der Waals surface area contributed by atoms with Crippen molar-refractivity contribution in [2.45, 2.75) is 19.2 Å². The van der Waals surface area contributed by atoms with Crippen molar-refractivity contribution >= 4 is 5.97 Å². The lowest BCUT2D eigenvalue weighted by molar-refractivity contribution is -0.275. The van der Waals surface area contributed by atoms with E-state index in [1.165, 1.54) is 0 Å². The SMILES string of the molecule is COC(=O)Cc1c(C(F)F)ncc(OC(F)(F)F)c1OC. The third-order valence-corrected chi connectivity index (χ3v) is 2.31. The van der Waals surface area contributed by atoms with Crippen LogP contribution in [0.4, 0.5) is 22.0 Å². The monoisotopic (exact) mass is 315 g/mol. The number of carbonyl (C=O) groups excluding carboxylic acids is 1. The predicted octanol–water partition coefficient (Wildman–Crippen LogP) is 2.64. The summed E-state index contributed by atoms with van der Waals surface area (Å²) in [6.45, 7) is 0. The van der Waals surface area contributed by atoms with Gasteiger partial charge < -0.3 is 14.2 Å². The summed E-state index contributed by atoms with van der Waals surface area (Å²) < 4.78 is 74.9. The fourth-order valence-electron chi connectivity index (χ4n) is 1.53. The quantitative estimate of drug-likeness (QED) is 0.617. The minimum absolute atomic E-state index is 0.453. The van der Waals surface area contributed by atoms with E-state index in [1.807, 2.05) is 0 Å². The highest BCUT2D eigenvalue weighted by atomic mass is 19.4. The number of alkyl halides is 5. The van der Waals surface area contributed by atoms with Crippen molar-refractivity contribution in [2.24, 2.45) is 0 Å². The van der Waals surface area contributed by atoms with Crippen molar-refractivity contribution in [3.63, 3.8) is 0 Å². The first-order chi connectivity index (χ1) is 9.69. The molecule has 10 heteroatoms. The zero-order chi connectivity index (χ0) is 16.2. The highest BCUT2D eigenvalue weighted by Crippen LogP contribution is 2.38. The van der Waals surface area contributed by atoms with Crippen LogP contribution in [-0.2, 0) is 16.0 Å². The summed E-state index contributed by atoms with van der Waals surface area (Å²) in [5.41, 5.74) is -1.41. The van der Waals surface area contributed by atoms with Crippen LogP contribution < -0.4 is 9.47 Å².